The number of hydrogen-bond donors (Lipinski definition) is 1. The van der Waals surface area contributed by atoms with Crippen molar-refractivity contribution in [1.82, 2.24) is 0 Å². The molecule has 23 heavy (non-hydrogen) atoms. The van der Waals surface area contributed by atoms with Gasteiger partial charge >= 0.3 is 5.97 Å². The fraction of sp³-hybridized carbons (Fsp3) is 0.556. The second-order valence-electron chi connectivity index (χ2n) is 5.84. The van der Waals surface area contributed by atoms with Crippen molar-refractivity contribution in [2.75, 3.05) is 32.8 Å². The van der Waals surface area contributed by atoms with Gasteiger partial charge < -0.3 is 14.4 Å². The summed E-state index contributed by atoms with van der Waals surface area (Å²) >= 11 is 0. The minimum absolute atomic E-state index is 0.0389. The van der Waals surface area contributed by atoms with Crippen LogP contribution in [0.25, 0.3) is 0 Å². The van der Waals surface area contributed by atoms with E-state index in [0.717, 1.165) is 38.9 Å². The number of rotatable bonds is 7. The van der Waals surface area contributed by atoms with Gasteiger partial charge in [-0.15, -0.1) is 0 Å². The molecule has 5 heteroatoms. The highest BCUT2D eigenvalue weighted by atomic mass is 16.5. The largest absolute Gasteiger partial charge is 0.492 e. The maximum atomic E-state index is 11.7. The van der Waals surface area contributed by atoms with Crippen LogP contribution < -0.4 is 9.64 Å². The summed E-state index contributed by atoms with van der Waals surface area (Å²) in [6.07, 6.45) is 2.76. The molecule has 124 valence electrons. The first-order valence-corrected chi connectivity index (χ1v) is 8.36. The van der Waals surface area contributed by atoms with Crippen molar-refractivity contribution in [2.45, 2.75) is 26.2 Å². The van der Waals surface area contributed by atoms with Crippen molar-refractivity contribution in [3.05, 3.63) is 29.8 Å². The Morgan fingerprint density at radius 2 is 2.09 bits per heavy atom. The normalized spacial score (nSPS) is 20.5. The molecule has 1 saturated heterocycles. The molecule has 1 aromatic carbocycles. The molecule has 0 radical (unpaired) electrons. The predicted octanol–water partition coefficient (Wildman–Crippen LogP) is 1.19. The Morgan fingerprint density at radius 3 is 2.78 bits per heavy atom. The minimum atomic E-state index is -0.0389. The number of nitriles is 1. The van der Waals surface area contributed by atoms with Gasteiger partial charge in [0.05, 0.1) is 44.3 Å². The number of benzene rings is 1. The zero-order valence-corrected chi connectivity index (χ0v) is 13.7. The summed E-state index contributed by atoms with van der Waals surface area (Å²) in [5, 5.41) is 9.01. The third-order valence-electron chi connectivity index (χ3n) is 4.25. The molecule has 0 unspecified atom stereocenters. The molecule has 0 atom stereocenters. The fourth-order valence-corrected chi connectivity index (χ4v) is 2.96. The zero-order valence-electron chi connectivity index (χ0n) is 13.7. The van der Waals surface area contributed by atoms with E-state index in [2.05, 4.69) is 6.07 Å². The van der Waals surface area contributed by atoms with Crippen LogP contribution in [0.15, 0.2) is 24.3 Å². The van der Waals surface area contributed by atoms with Gasteiger partial charge in [0.1, 0.15) is 11.8 Å². The Bertz CT molecular complexity index is 545. The van der Waals surface area contributed by atoms with Gasteiger partial charge in [-0.1, -0.05) is 12.1 Å². The van der Waals surface area contributed by atoms with Crippen LogP contribution >= 0.6 is 0 Å². The summed E-state index contributed by atoms with van der Waals surface area (Å²) in [7, 11) is 0. The van der Waals surface area contributed by atoms with Gasteiger partial charge in [0, 0.05) is 19.3 Å². The molecular weight excluding hydrogens is 292 g/mol. The molecule has 5 nitrogen and oxygen atoms in total. The lowest BCUT2D eigenvalue weighted by Gasteiger charge is -2.28. The van der Waals surface area contributed by atoms with Gasteiger partial charge in [-0.25, -0.2) is 0 Å². The van der Waals surface area contributed by atoms with Gasteiger partial charge in [-0.05, 0) is 19.1 Å². The molecule has 0 aliphatic carbocycles. The van der Waals surface area contributed by atoms with E-state index < -0.39 is 0 Å². The SMILES string of the molecule is CCOC(=O)C1CC[NH+](CCCOc2ccccc2C#N)CC1. The molecule has 0 saturated carbocycles. The van der Waals surface area contributed by atoms with Crippen molar-refractivity contribution < 1.29 is 19.2 Å². The molecule has 1 heterocycles. The summed E-state index contributed by atoms with van der Waals surface area (Å²) in [6.45, 7) is 5.99. The molecule has 1 aliphatic rings. The van der Waals surface area contributed by atoms with Crippen molar-refractivity contribution >= 4 is 5.97 Å². The maximum Gasteiger partial charge on any atom is 0.309 e. The van der Waals surface area contributed by atoms with Crippen LogP contribution in [0.3, 0.4) is 0 Å². The molecule has 0 spiro atoms. The van der Waals surface area contributed by atoms with Gasteiger partial charge in [0.25, 0.3) is 0 Å². The highest BCUT2D eigenvalue weighted by Gasteiger charge is 2.27. The Kier molecular flexibility index (Phi) is 6.89. The van der Waals surface area contributed by atoms with Gasteiger partial charge in [0.15, 0.2) is 0 Å². The second kappa shape index (κ2) is 9.16. The predicted molar refractivity (Wildman–Crippen MR) is 86.2 cm³/mol. The van der Waals surface area contributed by atoms with Crippen LogP contribution in [0.5, 0.6) is 5.75 Å². The Hall–Kier alpha value is -2.06. The summed E-state index contributed by atoms with van der Waals surface area (Å²) in [6, 6.07) is 9.44. The van der Waals surface area contributed by atoms with Crippen molar-refractivity contribution in [2.24, 2.45) is 5.92 Å². The summed E-state index contributed by atoms with van der Waals surface area (Å²) in [5.41, 5.74) is 0.579. The Labute approximate surface area is 137 Å². The molecule has 0 amide bonds. The lowest BCUT2D eigenvalue weighted by atomic mass is 9.97. The Morgan fingerprint density at radius 1 is 1.35 bits per heavy atom. The topological polar surface area (TPSA) is 63.8 Å². The smallest absolute Gasteiger partial charge is 0.309 e. The van der Waals surface area contributed by atoms with Crippen molar-refractivity contribution in [1.29, 1.82) is 5.26 Å². The van der Waals surface area contributed by atoms with Crippen LogP contribution in [0.4, 0.5) is 0 Å². The highest BCUT2D eigenvalue weighted by Crippen LogP contribution is 2.16. The van der Waals surface area contributed by atoms with Crippen LogP contribution in [0.2, 0.25) is 0 Å². The molecule has 1 N–H and O–H groups in total. The van der Waals surface area contributed by atoms with Crippen molar-refractivity contribution in [3.8, 4) is 11.8 Å². The number of para-hydroxylation sites is 1. The number of hydrogen-bond acceptors (Lipinski definition) is 4. The van der Waals surface area contributed by atoms with Gasteiger partial charge in [0.2, 0.25) is 0 Å². The number of quaternary nitrogens is 1. The van der Waals surface area contributed by atoms with E-state index in [-0.39, 0.29) is 11.9 Å². The van der Waals surface area contributed by atoms with Gasteiger partial charge in [-0.2, -0.15) is 5.26 Å². The number of nitrogens with zero attached hydrogens (tertiary/aromatic N) is 1. The number of carbonyl (C=O) groups excluding carboxylic acids is 1. The Balaban J connectivity index is 1.65. The molecule has 1 aliphatic heterocycles. The number of likely N-dealkylation sites (tertiary alicyclic amines) is 1. The van der Waals surface area contributed by atoms with Crippen molar-refractivity contribution in [3.63, 3.8) is 0 Å². The maximum absolute atomic E-state index is 11.7. The summed E-state index contributed by atoms with van der Waals surface area (Å²) < 4.78 is 10.8. The molecule has 0 aromatic heterocycles. The van der Waals surface area contributed by atoms with E-state index in [9.17, 15) is 4.79 Å². The average molecular weight is 317 g/mol. The average Bonchev–Trinajstić information content (AvgIpc) is 2.60. The fourth-order valence-electron chi connectivity index (χ4n) is 2.96. The highest BCUT2D eigenvalue weighted by molar-refractivity contribution is 5.72. The first kappa shape index (κ1) is 17.3. The van der Waals surface area contributed by atoms with E-state index in [1.54, 1.807) is 6.07 Å². The van der Waals surface area contributed by atoms with Gasteiger partial charge in [-0.3, -0.25) is 4.79 Å². The van der Waals surface area contributed by atoms with Crippen LogP contribution in [0.1, 0.15) is 31.7 Å². The standard InChI is InChI=1S/C18H24N2O3/c1-2-22-18(21)15-8-11-20(12-9-15)10-5-13-23-17-7-4-3-6-16(17)14-19/h3-4,6-7,15H,2,5,8-13H2,1H3/p+1. The molecule has 1 fully saturated rings. The third-order valence-corrected chi connectivity index (χ3v) is 4.25. The number of ether oxygens (including phenoxy) is 2. The minimum Gasteiger partial charge on any atom is -0.492 e. The van der Waals surface area contributed by atoms with E-state index in [0.29, 0.717) is 24.5 Å². The first-order chi connectivity index (χ1) is 11.2. The number of piperidine rings is 1. The number of carbonyl (C=O) groups is 1. The molecule has 0 bridgehead atoms. The van der Waals surface area contributed by atoms with Crippen LogP contribution in [-0.2, 0) is 9.53 Å². The van der Waals surface area contributed by atoms with E-state index in [1.807, 2.05) is 25.1 Å². The second-order valence-corrected chi connectivity index (χ2v) is 5.84. The molecule has 2 rings (SSSR count). The lowest BCUT2D eigenvalue weighted by molar-refractivity contribution is -0.906. The van der Waals surface area contributed by atoms with Crippen LogP contribution in [-0.4, -0.2) is 38.8 Å². The monoisotopic (exact) mass is 317 g/mol. The lowest BCUT2D eigenvalue weighted by Crippen LogP contribution is -3.13. The number of nitrogens with one attached hydrogen (secondary N) is 1. The van der Waals surface area contributed by atoms with E-state index in [4.69, 9.17) is 14.7 Å². The summed E-state index contributed by atoms with van der Waals surface area (Å²) in [4.78, 5) is 13.2. The third kappa shape index (κ3) is 5.26. The summed E-state index contributed by atoms with van der Waals surface area (Å²) in [5.74, 6) is 0.700. The first-order valence-electron chi connectivity index (χ1n) is 8.36. The quantitative estimate of drug-likeness (QED) is 0.606. The molecular formula is C18H25N2O3+. The zero-order chi connectivity index (χ0) is 16.5. The van der Waals surface area contributed by atoms with Crippen LogP contribution in [0, 0.1) is 17.2 Å². The number of esters is 1. The molecule has 1 aromatic rings. The van der Waals surface area contributed by atoms with E-state index in [1.165, 1.54) is 4.90 Å². The van der Waals surface area contributed by atoms with E-state index >= 15 is 0 Å².